The summed E-state index contributed by atoms with van der Waals surface area (Å²) < 4.78 is 7.23. The zero-order valence-corrected chi connectivity index (χ0v) is 12.0. The normalized spacial score (nSPS) is 17.8. The van der Waals surface area contributed by atoms with Crippen molar-refractivity contribution in [3.8, 4) is 5.95 Å². The largest absolute Gasteiger partial charge is 0.377 e. The minimum Gasteiger partial charge on any atom is -0.377 e. The number of nitrogens with zero attached hydrogens (tertiary/aromatic N) is 6. The molecular weight excluding hydrogens is 272 g/mol. The van der Waals surface area contributed by atoms with Crippen LogP contribution in [0.25, 0.3) is 5.95 Å². The van der Waals surface area contributed by atoms with Gasteiger partial charge >= 0.3 is 0 Å². The third-order valence-corrected chi connectivity index (χ3v) is 3.36. The van der Waals surface area contributed by atoms with E-state index in [9.17, 15) is 0 Å². The van der Waals surface area contributed by atoms with Crippen LogP contribution < -0.4 is 16.2 Å². The van der Waals surface area contributed by atoms with E-state index in [1.165, 1.54) is 0 Å². The fourth-order valence-corrected chi connectivity index (χ4v) is 2.26. The lowest BCUT2D eigenvalue weighted by Crippen LogP contribution is -2.54. The van der Waals surface area contributed by atoms with Gasteiger partial charge < -0.3 is 9.64 Å². The molecule has 0 atom stereocenters. The van der Waals surface area contributed by atoms with Gasteiger partial charge in [0.15, 0.2) is 0 Å². The number of hydrogen-bond donors (Lipinski definition) is 2. The van der Waals surface area contributed by atoms with Crippen molar-refractivity contribution in [3.05, 3.63) is 18.7 Å². The molecule has 1 fully saturated rings. The summed E-state index contributed by atoms with van der Waals surface area (Å²) in [5.74, 6) is 6.81. The zero-order chi connectivity index (χ0) is 14.9. The van der Waals surface area contributed by atoms with Crippen LogP contribution in [0, 0.1) is 0 Å². The van der Waals surface area contributed by atoms with E-state index in [0.29, 0.717) is 37.6 Å². The van der Waals surface area contributed by atoms with Gasteiger partial charge in [0, 0.05) is 18.9 Å². The van der Waals surface area contributed by atoms with E-state index in [1.54, 1.807) is 23.3 Å². The number of hydrazine groups is 1. The molecular formula is C12H18N8O. The van der Waals surface area contributed by atoms with E-state index < -0.39 is 0 Å². The third kappa shape index (κ3) is 2.65. The molecule has 3 rings (SSSR count). The second-order valence-electron chi connectivity index (χ2n) is 5.39. The molecule has 3 N–H and O–H groups in total. The first-order valence-corrected chi connectivity index (χ1v) is 6.66. The fourth-order valence-electron chi connectivity index (χ4n) is 2.26. The second-order valence-corrected chi connectivity index (χ2v) is 5.39. The fraction of sp³-hybridized carbons (Fsp3) is 0.500. The van der Waals surface area contributed by atoms with Crippen LogP contribution in [0.5, 0.6) is 0 Å². The SMILES string of the molecule is CC1(C)COCCN1c1nc(NN)nc(-n2ccnc2)n1. The van der Waals surface area contributed by atoms with Gasteiger partial charge in [-0.25, -0.2) is 10.8 Å². The quantitative estimate of drug-likeness (QED) is 0.599. The Bertz CT molecular complexity index is 612. The van der Waals surface area contributed by atoms with Gasteiger partial charge in [0.05, 0.1) is 18.8 Å². The minimum absolute atomic E-state index is 0.197. The van der Waals surface area contributed by atoms with E-state index >= 15 is 0 Å². The molecule has 1 saturated heterocycles. The molecule has 0 saturated carbocycles. The first-order valence-electron chi connectivity index (χ1n) is 6.66. The van der Waals surface area contributed by atoms with Crippen LogP contribution in [0.15, 0.2) is 18.7 Å². The molecule has 9 heteroatoms. The monoisotopic (exact) mass is 290 g/mol. The smallest absolute Gasteiger partial charge is 0.243 e. The summed E-state index contributed by atoms with van der Waals surface area (Å²) in [6.07, 6.45) is 5.06. The predicted octanol–water partition coefficient (Wildman–Crippen LogP) is -0.0419. The Morgan fingerprint density at radius 2 is 2.10 bits per heavy atom. The highest BCUT2D eigenvalue weighted by Gasteiger charge is 2.33. The number of ether oxygens (including phenoxy) is 1. The molecule has 2 aromatic heterocycles. The Morgan fingerprint density at radius 1 is 1.29 bits per heavy atom. The molecule has 0 unspecified atom stereocenters. The summed E-state index contributed by atoms with van der Waals surface area (Å²) in [7, 11) is 0. The summed E-state index contributed by atoms with van der Waals surface area (Å²) >= 11 is 0. The van der Waals surface area contributed by atoms with E-state index in [2.05, 4.69) is 44.1 Å². The van der Waals surface area contributed by atoms with Gasteiger partial charge in [0.1, 0.15) is 6.33 Å². The number of nitrogens with two attached hydrogens (primary N) is 1. The van der Waals surface area contributed by atoms with Crippen molar-refractivity contribution >= 4 is 11.9 Å². The molecule has 3 heterocycles. The number of imidazole rings is 1. The van der Waals surface area contributed by atoms with E-state index in [1.807, 2.05) is 0 Å². The van der Waals surface area contributed by atoms with Crippen molar-refractivity contribution in [2.75, 3.05) is 30.1 Å². The lowest BCUT2D eigenvalue weighted by Gasteiger charge is -2.42. The highest BCUT2D eigenvalue weighted by atomic mass is 16.5. The van der Waals surface area contributed by atoms with Crippen LogP contribution in [0.1, 0.15) is 13.8 Å². The van der Waals surface area contributed by atoms with Crippen molar-refractivity contribution < 1.29 is 4.74 Å². The highest BCUT2D eigenvalue weighted by Crippen LogP contribution is 2.25. The van der Waals surface area contributed by atoms with Gasteiger partial charge in [-0.1, -0.05) is 0 Å². The molecule has 9 nitrogen and oxygen atoms in total. The molecule has 21 heavy (non-hydrogen) atoms. The average molecular weight is 290 g/mol. The van der Waals surface area contributed by atoms with E-state index in [0.717, 1.165) is 0 Å². The Balaban J connectivity index is 2.03. The van der Waals surface area contributed by atoms with Crippen molar-refractivity contribution in [3.63, 3.8) is 0 Å². The lowest BCUT2D eigenvalue weighted by molar-refractivity contribution is 0.0633. The van der Waals surface area contributed by atoms with Crippen LogP contribution in [-0.4, -0.2) is 49.8 Å². The van der Waals surface area contributed by atoms with Crippen LogP contribution in [0.4, 0.5) is 11.9 Å². The van der Waals surface area contributed by atoms with Crippen molar-refractivity contribution in [2.24, 2.45) is 5.84 Å². The van der Waals surface area contributed by atoms with Crippen LogP contribution in [0.3, 0.4) is 0 Å². The number of rotatable bonds is 3. The molecule has 1 aliphatic heterocycles. The molecule has 0 aromatic carbocycles. The van der Waals surface area contributed by atoms with Crippen molar-refractivity contribution in [1.29, 1.82) is 0 Å². The summed E-state index contributed by atoms with van der Waals surface area (Å²) in [6.45, 7) is 6.14. The van der Waals surface area contributed by atoms with E-state index in [-0.39, 0.29) is 5.54 Å². The Labute approximate surface area is 122 Å². The Hall–Kier alpha value is -2.26. The molecule has 0 spiro atoms. The molecule has 0 amide bonds. The maximum Gasteiger partial charge on any atom is 0.243 e. The van der Waals surface area contributed by atoms with Crippen LogP contribution >= 0.6 is 0 Å². The molecule has 112 valence electrons. The predicted molar refractivity (Wildman–Crippen MR) is 77.0 cm³/mol. The molecule has 2 aromatic rings. The zero-order valence-electron chi connectivity index (χ0n) is 12.0. The first-order chi connectivity index (χ1) is 10.1. The van der Waals surface area contributed by atoms with Gasteiger partial charge in [-0.05, 0) is 13.8 Å². The van der Waals surface area contributed by atoms with Crippen LogP contribution in [-0.2, 0) is 4.74 Å². The number of anilines is 2. The number of nitrogens with one attached hydrogen (secondary N) is 1. The molecule has 0 bridgehead atoms. The molecule has 1 aliphatic rings. The Morgan fingerprint density at radius 3 is 2.76 bits per heavy atom. The second kappa shape index (κ2) is 5.26. The summed E-state index contributed by atoms with van der Waals surface area (Å²) in [4.78, 5) is 19.2. The van der Waals surface area contributed by atoms with Crippen molar-refractivity contribution in [2.45, 2.75) is 19.4 Å². The topological polar surface area (TPSA) is 107 Å². The Kier molecular flexibility index (Phi) is 3.43. The molecule has 0 aliphatic carbocycles. The van der Waals surface area contributed by atoms with E-state index in [4.69, 9.17) is 10.6 Å². The van der Waals surface area contributed by atoms with Gasteiger partial charge in [-0.15, -0.1) is 0 Å². The number of hydrogen-bond acceptors (Lipinski definition) is 8. The number of nitrogen functional groups attached to an aromatic ring is 1. The van der Waals surface area contributed by atoms with Crippen molar-refractivity contribution in [1.82, 2.24) is 24.5 Å². The van der Waals surface area contributed by atoms with Crippen LogP contribution in [0.2, 0.25) is 0 Å². The highest BCUT2D eigenvalue weighted by molar-refractivity contribution is 5.42. The van der Waals surface area contributed by atoms with Gasteiger partial charge in [-0.2, -0.15) is 15.0 Å². The lowest BCUT2D eigenvalue weighted by atomic mass is 10.0. The van der Waals surface area contributed by atoms with Gasteiger partial charge in [0.25, 0.3) is 0 Å². The van der Waals surface area contributed by atoms with Gasteiger partial charge in [0.2, 0.25) is 17.8 Å². The first kappa shape index (κ1) is 13.7. The minimum atomic E-state index is -0.197. The van der Waals surface area contributed by atoms with Gasteiger partial charge in [-0.3, -0.25) is 9.99 Å². The molecule has 0 radical (unpaired) electrons. The summed E-state index contributed by atoms with van der Waals surface area (Å²) in [6, 6.07) is 0. The number of morpholine rings is 1. The average Bonchev–Trinajstić information content (AvgIpc) is 3.00. The standard InChI is InChI=1S/C12H18N8O/c1-12(2)7-21-6-5-20(12)11-16-9(18-13)15-10(17-11)19-4-3-14-8-19/h3-4,8H,5-7,13H2,1-2H3,(H,15,16,17,18). The summed E-state index contributed by atoms with van der Waals surface area (Å²) in [5, 5.41) is 0. The number of aromatic nitrogens is 5. The maximum absolute atomic E-state index is 5.53. The summed E-state index contributed by atoms with van der Waals surface area (Å²) in [5.41, 5.74) is 2.29. The maximum atomic E-state index is 5.53. The third-order valence-electron chi connectivity index (χ3n) is 3.36.